The first kappa shape index (κ1) is 25.1. The van der Waals surface area contributed by atoms with Gasteiger partial charge in [-0.1, -0.05) is 84.4 Å². The Morgan fingerprint density at radius 2 is 1.44 bits per heavy atom. The molecule has 4 rings (SSSR count). The number of para-hydroxylation sites is 1. The van der Waals surface area contributed by atoms with E-state index in [0.29, 0.717) is 0 Å². The molecule has 0 saturated heterocycles. The lowest BCUT2D eigenvalue weighted by molar-refractivity contribution is -0.120. The Kier molecular flexibility index (Phi) is 7.50. The number of benzene rings is 4. The Bertz CT molecular complexity index is 1460. The monoisotopic (exact) mass is 502 g/mol. The Hall–Kier alpha value is -3.97. The van der Waals surface area contributed by atoms with Crippen LogP contribution in [0.5, 0.6) is 0 Å². The topological polar surface area (TPSA) is 66.5 Å². The highest BCUT2D eigenvalue weighted by atomic mass is 32.2. The van der Waals surface area contributed by atoms with Gasteiger partial charge in [0.1, 0.15) is 12.4 Å². The fourth-order valence-corrected chi connectivity index (χ4v) is 5.45. The zero-order valence-electron chi connectivity index (χ0n) is 20.1. The standard InChI is InChI=1S/C29H27FN2O3S/c1-21-16-18-24(19-17-21)36(34,35)32(27-15-9-8-14-26(27)30)20-28(33)31-29(23-11-4-3-5-12-23)25-13-7-6-10-22(25)2/h3-19,29H,20H2,1-2H3,(H,31,33)/t29-/m1/s1. The van der Waals surface area contributed by atoms with Crippen molar-refractivity contribution in [2.45, 2.75) is 24.8 Å². The molecule has 1 atom stereocenters. The maximum Gasteiger partial charge on any atom is 0.264 e. The number of hydrogen-bond acceptors (Lipinski definition) is 3. The van der Waals surface area contributed by atoms with Gasteiger partial charge in [-0.2, -0.15) is 0 Å². The van der Waals surface area contributed by atoms with Gasteiger partial charge < -0.3 is 5.32 Å². The molecule has 0 aromatic heterocycles. The summed E-state index contributed by atoms with van der Waals surface area (Å²) in [5.41, 5.74) is 3.40. The lowest BCUT2D eigenvalue weighted by atomic mass is 9.95. The molecule has 0 bridgehead atoms. The van der Waals surface area contributed by atoms with Crippen molar-refractivity contribution < 1.29 is 17.6 Å². The molecule has 7 heteroatoms. The van der Waals surface area contributed by atoms with E-state index in [9.17, 15) is 17.6 Å². The Balaban J connectivity index is 1.71. The number of aryl methyl sites for hydroxylation is 2. The van der Waals surface area contributed by atoms with Crippen LogP contribution in [-0.4, -0.2) is 20.9 Å². The number of carbonyl (C=O) groups is 1. The number of amides is 1. The molecule has 5 nitrogen and oxygen atoms in total. The summed E-state index contributed by atoms with van der Waals surface area (Å²) in [7, 11) is -4.23. The predicted octanol–water partition coefficient (Wildman–Crippen LogP) is 5.54. The number of nitrogens with one attached hydrogen (secondary N) is 1. The SMILES string of the molecule is Cc1ccc(S(=O)(=O)N(CC(=O)N[C@H](c2ccccc2)c2ccccc2C)c2ccccc2F)cc1. The number of hydrogen-bond donors (Lipinski definition) is 1. The number of sulfonamides is 1. The highest BCUT2D eigenvalue weighted by Crippen LogP contribution is 2.28. The van der Waals surface area contributed by atoms with Crippen LogP contribution in [0.25, 0.3) is 0 Å². The first-order chi connectivity index (χ1) is 17.3. The number of carbonyl (C=O) groups excluding carboxylic acids is 1. The Morgan fingerprint density at radius 3 is 2.11 bits per heavy atom. The molecule has 4 aromatic rings. The largest absolute Gasteiger partial charge is 0.344 e. The van der Waals surface area contributed by atoms with Crippen LogP contribution in [0.15, 0.2) is 108 Å². The second-order valence-electron chi connectivity index (χ2n) is 8.54. The van der Waals surface area contributed by atoms with Crippen LogP contribution in [0, 0.1) is 19.7 Å². The molecule has 0 spiro atoms. The smallest absolute Gasteiger partial charge is 0.264 e. The maximum absolute atomic E-state index is 14.8. The van der Waals surface area contributed by atoms with Crippen LogP contribution in [0.4, 0.5) is 10.1 Å². The van der Waals surface area contributed by atoms with E-state index in [-0.39, 0.29) is 10.6 Å². The van der Waals surface area contributed by atoms with Gasteiger partial charge in [-0.15, -0.1) is 0 Å². The van der Waals surface area contributed by atoms with Crippen molar-refractivity contribution in [2.24, 2.45) is 0 Å². The minimum atomic E-state index is -4.23. The minimum absolute atomic E-state index is 0.0253. The maximum atomic E-state index is 14.8. The predicted molar refractivity (Wildman–Crippen MR) is 140 cm³/mol. The third kappa shape index (κ3) is 5.47. The van der Waals surface area contributed by atoms with E-state index in [1.807, 2.05) is 68.4 Å². The third-order valence-electron chi connectivity index (χ3n) is 5.96. The molecule has 0 aliphatic rings. The average Bonchev–Trinajstić information content (AvgIpc) is 2.88. The number of rotatable bonds is 8. The minimum Gasteiger partial charge on any atom is -0.344 e. The number of nitrogens with zero attached hydrogens (tertiary/aromatic N) is 1. The Labute approximate surface area is 211 Å². The molecule has 1 N–H and O–H groups in total. The molecule has 0 unspecified atom stereocenters. The van der Waals surface area contributed by atoms with Gasteiger partial charge in [0.25, 0.3) is 10.0 Å². The van der Waals surface area contributed by atoms with Crippen molar-refractivity contribution in [3.63, 3.8) is 0 Å². The Morgan fingerprint density at radius 1 is 0.833 bits per heavy atom. The van der Waals surface area contributed by atoms with Gasteiger partial charge in [0.05, 0.1) is 16.6 Å². The fourth-order valence-electron chi connectivity index (χ4n) is 4.02. The lowest BCUT2D eigenvalue weighted by Gasteiger charge is -2.27. The summed E-state index contributed by atoms with van der Waals surface area (Å²) in [5.74, 6) is -1.30. The van der Waals surface area contributed by atoms with Crippen LogP contribution >= 0.6 is 0 Å². The fraction of sp³-hybridized carbons (Fsp3) is 0.138. The molecular weight excluding hydrogens is 475 g/mol. The molecule has 0 aliphatic heterocycles. The summed E-state index contributed by atoms with van der Waals surface area (Å²) in [6, 6.07) is 28.4. The third-order valence-corrected chi connectivity index (χ3v) is 7.73. The zero-order chi connectivity index (χ0) is 25.7. The van der Waals surface area contributed by atoms with Crippen molar-refractivity contribution in [3.8, 4) is 0 Å². The van der Waals surface area contributed by atoms with Gasteiger partial charge in [0.15, 0.2) is 0 Å². The van der Waals surface area contributed by atoms with Gasteiger partial charge in [-0.25, -0.2) is 12.8 Å². The van der Waals surface area contributed by atoms with Crippen molar-refractivity contribution >= 4 is 21.6 Å². The molecule has 1 amide bonds. The van der Waals surface area contributed by atoms with Gasteiger partial charge in [0.2, 0.25) is 5.91 Å². The van der Waals surface area contributed by atoms with Gasteiger partial charge in [0, 0.05) is 0 Å². The lowest BCUT2D eigenvalue weighted by Crippen LogP contribution is -2.42. The van der Waals surface area contributed by atoms with E-state index in [1.165, 1.54) is 36.4 Å². The van der Waals surface area contributed by atoms with Crippen molar-refractivity contribution in [1.82, 2.24) is 5.32 Å². The van der Waals surface area contributed by atoms with Gasteiger partial charge in [-0.3, -0.25) is 9.10 Å². The van der Waals surface area contributed by atoms with Crippen LogP contribution < -0.4 is 9.62 Å². The van der Waals surface area contributed by atoms with Crippen molar-refractivity contribution in [2.75, 3.05) is 10.8 Å². The van der Waals surface area contributed by atoms with Crippen LogP contribution in [0.3, 0.4) is 0 Å². The number of halogens is 1. The van der Waals surface area contributed by atoms with Crippen molar-refractivity contribution in [1.29, 1.82) is 0 Å². The van der Waals surface area contributed by atoms with Crippen LogP contribution in [0.2, 0.25) is 0 Å². The van der Waals surface area contributed by atoms with Crippen LogP contribution in [0.1, 0.15) is 28.3 Å². The number of anilines is 1. The summed E-state index contributed by atoms with van der Waals surface area (Å²) in [4.78, 5) is 13.4. The van der Waals surface area contributed by atoms with E-state index in [4.69, 9.17) is 0 Å². The van der Waals surface area contributed by atoms with E-state index in [1.54, 1.807) is 12.1 Å². The second-order valence-corrected chi connectivity index (χ2v) is 10.4. The molecule has 0 saturated carbocycles. The summed E-state index contributed by atoms with van der Waals surface area (Å²) in [6.07, 6.45) is 0. The summed E-state index contributed by atoms with van der Waals surface area (Å²) in [6.45, 7) is 3.20. The first-order valence-corrected chi connectivity index (χ1v) is 12.9. The van der Waals surface area contributed by atoms with E-state index >= 15 is 0 Å². The van der Waals surface area contributed by atoms with Crippen LogP contribution in [-0.2, 0) is 14.8 Å². The highest BCUT2D eigenvalue weighted by molar-refractivity contribution is 7.92. The zero-order valence-corrected chi connectivity index (χ0v) is 20.9. The van der Waals surface area contributed by atoms with Gasteiger partial charge >= 0.3 is 0 Å². The summed E-state index contributed by atoms with van der Waals surface area (Å²) >= 11 is 0. The molecule has 0 heterocycles. The summed E-state index contributed by atoms with van der Waals surface area (Å²) < 4.78 is 42.8. The highest BCUT2D eigenvalue weighted by Gasteiger charge is 2.30. The molecule has 0 radical (unpaired) electrons. The molecule has 184 valence electrons. The molecule has 4 aromatic carbocycles. The quantitative estimate of drug-likeness (QED) is 0.344. The normalized spacial score (nSPS) is 12.1. The molecular formula is C29H27FN2O3S. The molecule has 0 fully saturated rings. The van der Waals surface area contributed by atoms with E-state index in [0.717, 1.165) is 26.6 Å². The van der Waals surface area contributed by atoms with Crippen molar-refractivity contribution in [3.05, 3.63) is 131 Å². The first-order valence-electron chi connectivity index (χ1n) is 11.5. The van der Waals surface area contributed by atoms with Gasteiger partial charge in [-0.05, 0) is 54.8 Å². The molecule has 36 heavy (non-hydrogen) atoms. The molecule has 0 aliphatic carbocycles. The second kappa shape index (κ2) is 10.7. The average molecular weight is 503 g/mol. The van der Waals surface area contributed by atoms with E-state index in [2.05, 4.69) is 5.32 Å². The van der Waals surface area contributed by atoms with E-state index < -0.39 is 34.3 Å². The summed E-state index contributed by atoms with van der Waals surface area (Å²) in [5, 5.41) is 2.98.